The largest absolute Gasteiger partial charge is 0.490 e. The highest BCUT2D eigenvalue weighted by Gasteiger charge is 2.12. The van der Waals surface area contributed by atoms with E-state index in [1.54, 1.807) is 0 Å². The monoisotopic (exact) mass is 395 g/mol. The molecule has 0 aromatic heterocycles. The van der Waals surface area contributed by atoms with Crippen molar-refractivity contribution in [1.29, 1.82) is 5.26 Å². The van der Waals surface area contributed by atoms with Crippen LogP contribution in [0.3, 0.4) is 0 Å². The minimum Gasteiger partial charge on any atom is -0.490 e. The standard InChI is InChI=1S/C21H18BrNO2/c1-4-10-25-21-19(22)12-16(13-20(21)24-5-2)11-18(14-23)17-8-6-15(3)7-9-17/h1,6-9,11-13H,5,10H2,2-3H3/b18-11-. The molecular weight excluding hydrogens is 378 g/mol. The van der Waals surface area contributed by atoms with Crippen LogP contribution in [-0.2, 0) is 0 Å². The van der Waals surface area contributed by atoms with Gasteiger partial charge in [0, 0.05) is 0 Å². The van der Waals surface area contributed by atoms with E-state index in [-0.39, 0.29) is 6.61 Å². The fourth-order valence-corrected chi connectivity index (χ4v) is 2.84. The molecule has 2 aromatic rings. The number of nitriles is 1. The van der Waals surface area contributed by atoms with Gasteiger partial charge in [-0.25, -0.2) is 0 Å². The number of rotatable bonds is 6. The molecule has 0 heterocycles. The fourth-order valence-electron chi connectivity index (χ4n) is 2.27. The van der Waals surface area contributed by atoms with Gasteiger partial charge in [0.25, 0.3) is 0 Å². The Bertz CT molecular complexity index is 855. The zero-order valence-electron chi connectivity index (χ0n) is 14.2. The van der Waals surface area contributed by atoms with Gasteiger partial charge in [0.15, 0.2) is 11.5 Å². The predicted octanol–water partition coefficient (Wildman–Crippen LogP) is 5.23. The van der Waals surface area contributed by atoms with E-state index in [1.165, 1.54) is 0 Å². The Kier molecular flexibility index (Phi) is 6.69. The number of terminal acetylenes is 1. The summed E-state index contributed by atoms with van der Waals surface area (Å²) in [5.41, 5.74) is 3.43. The molecule has 0 saturated carbocycles. The molecule has 0 bridgehead atoms. The summed E-state index contributed by atoms with van der Waals surface area (Å²) in [6, 6.07) is 13.8. The average molecular weight is 396 g/mol. The second kappa shape index (κ2) is 8.97. The Balaban J connectivity index is 2.45. The summed E-state index contributed by atoms with van der Waals surface area (Å²) in [4.78, 5) is 0. The van der Waals surface area contributed by atoms with E-state index < -0.39 is 0 Å². The van der Waals surface area contributed by atoms with Gasteiger partial charge >= 0.3 is 0 Å². The van der Waals surface area contributed by atoms with Crippen molar-refractivity contribution >= 4 is 27.6 Å². The second-order valence-corrected chi connectivity index (χ2v) is 6.15. The number of hydrogen-bond donors (Lipinski definition) is 0. The molecule has 25 heavy (non-hydrogen) atoms. The number of halogens is 1. The molecule has 0 aliphatic carbocycles. The van der Waals surface area contributed by atoms with E-state index in [0.29, 0.717) is 23.7 Å². The molecule has 0 fully saturated rings. The number of benzene rings is 2. The molecule has 0 aliphatic heterocycles. The molecule has 126 valence electrons. The van der Waals surface area contributed by atoms with Gasteiger partial charge in [-0.1, -0.05) is 35.7 Å². The summed E-state index contributed by atoms with van der Waals surface area (Å²) in [5, 5.41) is 9.51. The molecule has 4 heteroatoms. The lowest BCUT2D eigenvalue weighted by Crippen LogP contribution is -2.00. The van der Waals surface area contributed by atoms with Gasteiger partial charge in [-0.05, 0) is 59.1 Å². The minimum absolute atomic E-state index is 0.153. The summed E-state index contributed by atoms with van der Waals surface area (Å²) >= 11 is 3.49. The Hall–Kier alpha value is -2.69. The molecule has 0 atom stereocenters. The molecule has 0 saturated heterocycles. The van der Waals surface area contributed by atoms with Gasteiger partial charge in [0.2, 0.25) is 0 Å². The lowest BCUT2D eigenvalue weighted by molar-refractivity contribution is 0.298. The van der Waals surface area contributed by atoms with Crippen LogP contribution in [0.2, 0.25) is 0 Å². The molecule has 0 radical (unpaired) electrons. The zero-order valence-corrected chi connectivity index (χ0v) is 15.8. The Morgan fingerprint density at radius 3 is 2.56 bits per heavy atom. The van der Waals surface area contributed by atoms with Crippen molar-refractivity contribution in [2.75, 3.05) is 13.2 Å². The van der Waals surface area contributed by atoms with E-state index in [0.717, 1.165) is 21.2 Å². The average Bonchev–Trinajstić information content (AvgIpc) is 2.60. The quantitative estimate of drug-likeness (QED) is 0.381. The predicted molar refractivity (Wildman–Crippen MR) is 104 cm³/mol. The third-order valence-electron chi connectivity index (χ3n) is 3.43. The highest BCUT2D eigenvalue weighted by Crippen LogP contribution is 2.37. The van der Waals surface area contributed by atoms with Crippen LogP contribution < -0.4 is 9.47 Å². The Morgan fingerprint density at radius 1 is 1.24 bits per heavy atom. The smallest absolute Gasteiger partial charge is 0.176 e. The first kappa shape index (κ1) is 18.6. The van der Waals surface area contributed by atoms with Crippen LogP contribution in [0, 0.1) is 30.6 Å². The lowest BCUT2D eigenvalue weighted by Gasteiger charge is -2.13. The normalized spacial score (nSPS) is 10.7. The second-order valence-electron chi connectivity index (χ2n) is 5.29. The molecule has 0 unspecified atom stereocenters. The third-order valence-corrected chi connectivity index (χ3v) is 4.01. The first-order valence-electron chi connectivity index (χ1n) is 7.80. The van der Waals surface area contributed by atoms with Crippen LogP contribution in [0.5, 0.6) is 11.5 Å². The van der Waals surface area contributed by atoms with E-state index in [4.69, 9.17) is 15.9 Å². The summed E-state index contributed by atoms with van der Waals surface area (Å²) < 4.78 is 11.9. The summed E-state index contributed by atoms with van der Waals surface area (Å²) in [5.74, 6) is 3.58. The number of ether oxygens (including phenoxy) is 2. The van der Waals surface area contributed by atoms with Crippen molar-refractivity contribution in [2.24, 2.45) is 0 Å². The van der Waals surface area contributed by atoms with Crippen molar-refractivity contribution in [3.8, 4) is 29.9 Å². The molecule has 0 N–H and O–H groups in total. The summed E-state index contributed by atoms with van der Waals surface area (Å²) in [7, 11) is 0. The van der Waals surface area contributed by atoms with Crippen LogP contribution in [0.15, 0.2) is 40.9 Å². The van der Waals surface area contributed by atoms with Crippen molar-refractivity contribution in [3.05, 3.63) is 57.6 Å². The Labute approximate surface area is 157 Å². The maximum absolute atomic E-state index is 9.51. The van der Waals surface area contributed by atoms with Gasteiger partial charge in [0.1, 0.15) is 6.61 Å². The van der Waals surface area contributed by atoms with Crippen molar-refractivity contribution in [1.82, 2.24) is 0 Å². The van der Waals surface area contributed by atoms with Gasteiger partial charge in [0.05, 0.1) is 22.7 Å². The van der Waals surface area contributed by atoms with Gasteiger partial charge in [-0.2, -0.15) is 5.26 Å². The maximum Gasteiger partial charge on any atom is 0.176 e. The van der Waals surface area contributed by atoms with Crippen LogP contribution in [0.4, 0.5) is 0 Å². The number of aryl methyl sites for hydroxylation is 1. The number of allylic oxidation sites excluding steroid dienone is 1. The highest BCUT2D eigenvalue weighted by molar-refractivity contribution is 9.10. The first-order valence-corrected chi connectivity index (χ1v) is 8.59. The molecule has 2 aromatic carbocycles. The van der Waals surface area contributed by atoms with E-state index in [9.17, 15) is 5.26 Å². The van der Waals surface area contributed by atoms with Crippen molar-refractivity contribution in [2.45, 2.75) is 13.8 Å². The van der Waals surface area contributed by atoms with Crippen LogP contribution >= 0.6 is 15.9 Å². The molecule has 2 rings (SSSR count). The zero-order chi connectivity index (χ0) is 18.2. The molecular formula is C21H18BrNO2. The van der Waals surface area contributed by atoms with E-state index in [1.807, 2.05) is 56.3 Å². The number of hydrogen-bond acceptors (Lipinski definition) is 3. The van der Waals surface area contributed by atoms with Crippen LogP contribution in [0.1, 0.15) is 23.6 Å². The van der Waals surface area contributed by atoms with E-state index >= 15 is 0 Å². The van der Waals surface area contributed by atoms with Crippen molar-refractivity contribution < 1.29 is 9.47 Å². The first-order chi connectivity index (χ1) is 12.1. The third kappa shape index (κ3) is 4.89. The van der Waals surface area contributed by atoms with Crippen LogP contribution in [0.25, 0.3) is 11.6 Å². The van der Waals surface area contributed by atoms with Gasteiger partial charge < -0.3 is 9.47 Å². The van der Waals surface area contributed by atoms with Gasteiger partial charge in [-0.15, -0.1) is 6.42 Å². The molecule has 0 spiro atoms. The SMILES string of the molecule is C#CCOc1c(Br)cc(/C=C(/C#N)c2ccc(C)cc2)cc1OCC. The maximum atomic E-state index is 9.51. The minimum atomic E-state index is 0.153. The molecule has 0 aliphatic rings. The molecule has 3 nitrogen and oxygen atoms in total. The highest BCUT2D eigenvalue weighted by atomic mass is 79.9. The number of nitrogens with zero attached hydrogens (tertiary/aromatic N) is 1. The van der Waals surface area contributed by atoms with Crippen LogP contribution in [-0.4, -0.2) is 13.2 Å². The molecule has 0 amide bonds. The topological polar surface area (TPSA) is 42.2 Å². The fraction of sp³-hybridized carbons (Fsp3) is 0.190. The Morgan fingerprint density at radius 2 is 1.96 bits per heavy atom. The van der Waals surface area contributed by atoms with E-state index in [2.05, 4.69) is 27.9 Å². The lowest BCUT2D eigenvalue weighted by atomic mass is 10.0. The van der Waals surface area contributed by atoms with Gasteiger partial charge in [-0.3, -0.25) is 0 Å². The van der Waals surface area contributed by atoms with Crippen molar-refractivity contribution in [3.63, 3.8) is 0 Å². The summed E-state index contributed by atoms with van der Waals surface area (Å²) in [6.45, 7) is 4.56. The summed E-state index contributed by atoms with van der Waals surface area (Å²) in [6.07, 6.45) is 7.08.